The van der Waals surface area contributed by atoms with Crippen LogP contribution in [0.1, 0.15) is 44.2 Å². The van der Waals surface area contributed by atoms with Crippen molar-refractivity contribution in [2.45, 2.75) is 39.5 Å². The van der Waals surface area contributed by atoms with E-state index >= 15 is 0 Å². The molecule has 2 rings (SSSR count). The lowest BCUT2D eigenvalue weighted by molar-refractivity contribution is 0.734. The molecule has 1 heterocycles. The highest BCUT2D eigenvalue weighted by Crippen LogP contribution is 2.25. The summed E-state index contributed by atoms with van der Waals surface area (Å²) in [4.78, 5) is 4.45. The minimum atomic E-state index is 0.599. The lowest BCUT2D eigenvalue weighted by Crippen LogP contribution is -1.98. The molecule has 2 nitrogen and oxygen atoms in total. The molecule has 0 fully saturated rings. The van der Waals surface area contributed by atoms with Crippen molar-refractivity contribution in [1.29, 1.82) is 0 Å². The minimum absolute atomic E-state index is 0.599. The third-order valence-electron chi connectivity index (χ3n) is 3.51. The van der Waals surface area contributed by atoms with Crippen LogP contribution in [0.5, 0.6) is 0 Å². The van der Waals surface area contributed by atoms with E-state index in [4.69, 9.17) is 5.73 Å². The molecule has 0 aliphatic heterocycles. The van der Waals surface area contributed by atoms with Crippen LogP contribution in [0.4, 0.5) is 5.82 Å². The van der Waals surface area contributed by atoms with Crippen LogP contribution in [0.15, 0.2) is 24.3 Å². The number of hydrogen-bond donors (Lipinski definition) is 1. The highest BCUT2D eigenvalue weighted by Gasteiger charge is 2.06. The fourth-order valence-corrected chi connectivity index (χ4v) is 2.08. The van der Waals surface area contributed by atoms with Crippen LogP contribution in [0.25, 0.3) is 10.9 Å². The second kappa shape index (κ2) is 4.74. The first kappa shape index (κ1) is 11.9. The number of pyridine rings is 1. The predicted molar refractivity (Wildman–Crippen MR) is 74.2 cm³/mol. The van der Waals surface area contributed by atoms with E-state index in [9.17, 15) is 0 Å². The van der Waals surface area contributed by atoms with E-state index in [0.29, 0.717) is 11.7 Å². The maximum absolute atomic E-state index is 5.91. The van der Waals surface area contributed by atoms with E-state index < -0.39 is 0 Å². The normalized spacial score (nSPS) is 12.9. The third-order valence-corrected chi connectivity index (χ3v) is 3.51. The molecule has 0 aliphatic carbocycles. The number of rotatable bonds is 3. The van der Waals surface area contributed by atoms with Crippen molar-refractivity contribution in [3.8, 4) is 0 Å². The summed E-state index contributed by atoms with van der Waals surface area (Å²) in [5.74, 6) is 1.26. The Balaban J connectivity index is 2.56. The molecule has 0 bridgehead atoms. The molecule has 1 aromatic carbocycles. The highest BCUT2D eigenvalue weighted by atomic mass is 14.8. The Labute approximate surface area is 103 Å². The van der Waals surface area contributed by atoms with Crippen LogP contribution < -0.4 is 5.73 Å². The number of aromatic nitrogens is 1. The summed E-state index contributed by atoms with van der Waals surface area (Å²) < 4.78 is 0. The van der Waals surface area contributed by atoms with Crippen LogP contribution >= 0.6 is 0 Å². The molecule has 0 radical (unpaired) electrons. The molecule has 17 heavy (non-hydrogen) atoms. The average molecular weight is 228 g/mol. The van der Waals surface area contributed by atoms with E-state index in [1.165, 1.54) is 10.9 Å². The topological polar surface area (TPSA) is 38.9 Å². The first-order valence-corrected chi connectivity index (χ1v) is 6.34. The summed E-state index contributed by atoms with van der Waals surface area (Å²) in [5.41, 5.74) is 9.42. The van der Waals surface area contributed by atoms with E-state index in [0.717, 1.165) is 23.9 Å². The third kappa shape index (κ3) is 2.26. The monoisotopic (exact) mass is 228 g/mol. The van der Waals surface area contributed by atoms with Crippen molar-refractivity contribution >= 4 is 16.7 Å². The maximum Gasteiger partial charge on any atom is 0.127 e. The molecule has 2 aromatic rings. The number of benzene rings is 1. The van der Waals surface area contributed by atoms with Gasteiger partial charge in [-0.1, -0.05) is 26.8 Å². The van der Waals surface area contributed by atoms with E-state index in [2.05, 4.69) is 50.0 Å². The zero-order chi connectivity index (χ0) is 12.4. The van der Waals surface area contributed by atoms with Gasteiger partial charge in [0, 0.05) is 5.39 Å². The Bertz CT molecular complexity index is 532. The number of hydrogen-bond acceptors (Lipinski definition) is 2. The molecule has 0 saturated carbocycles. The smallest absolute Gasteiger partial charge is 0.127 e. The van der Waals surface area contributed by atoms with Gasteiger partial charge in [-0.15, -0.1) is 0 Å². The molecular weight excluding hydrogens is 208 g/mol. The summed E-state index contributed by atoms with van der Waals surface area (Å²) in [6, 6.07) is 8.65. The molecule has 2 heteroatoms. The van der Waals surface area contributed by atoms with Crippen molar-refractivity contribution in [2.24, 2.45) is 0 Å². The molecule has 2 N–H and O–H groups in total. The molecule has 1 aromatic heterocycles. The zero-order valence-electron chi connectivity index (χ0n) is 10.8. The Morgan fingerprint density at radius 2 is 2.00 bits per heavy atom. The first-order valence-electron chi connectivity index (χ1n) is 6.34. The van der Waals surface area contributed by atoms with Crippen LogP contribution in [0, 0.1) is 0 Å². The molecule has 0 saturated heterocycles. The van der Waals surface area contributed by atoms with Crippen molar-refractivity contribution in [3.63, 3.8) is 0 Å². The molecule has 1 unspecified atom stereocenters. The van der Waals surface area contributed by atoms with Gasteiger partial charge in [0.05, 0.1) is 5.52 Å². The van der Waals surface area contributed by atoms with E-state index in [1.54, 1.807) is 0 Å². The van der Waals surface area contributed by atoms with Gasteiger partial charge in [0.2, 0.25) is 0 Å². The van der Waals surface area contributed by atoms with Crippen LogP contribution in [-0.4, -0.2) is 4.98 Å². The highest BCUT2D eigenvalue weighted by molar-refractivity contribution is 5.82. The molecule has 0 amide bonds. The summed E-state index contributed by atoms with van der Waals surface area (Å²) in [5, 5.41) is 1.20. The summed E-state index contributed by atoms with van der Waals surface area (Å²) >= 11 is 0. The van der Waals surface area contributed by atoms with Crippen molar-refractivity contribution in [3.05, 3.63) is 35.4 Å². The Hall–Kier alpha value is -1.57. The van der Waals surface area contributed by atoms with Gasteiger partial charge in [-0.05, 0) is 48.1 Å². The number of anilines is 1. The Morgan fingerprint density at radius 3 is 2.65 bits per heavy atom. The van der Waals surface area contributed by atoms with Crippen molar-refractivity contribution in [1.82, 2.24) is 4.98 Å². The van der Waals surface area contributed by atoms with Crippen LogP contribution in [0.3, 0.4) is 0 Å². The predicted octanol–water partition coefficient (Wildman–Crippen LogP) is 3.89. The van der Waals surface area contributed by atoms with Crippen LogP contribution in [0.2, 0.25) is 0 Å². The zero-order valence-corrected chi connectivity index (χ0v) is 10.8. The van der Waals surface area contributed by atoms with Gasteiger partial charge in [0.25, 0.3) is 0 Å². The fraction of sp³-hybridized carbons (Fsp3) is 0.400. The van der Waals surface area contributed by atoms with Gasteiger partial charge in [0.1, 0.15) is 5.82 Å². The van der Waals surface area contributed by atoms with E-state index in [1.807, 2.05) is 0 Å². The molecular formula is C15H20N2. The van der Waals surface area contributed by atoms with Gasteiger partial charge in [0.15, 0.2) is 0 Å². The Kier molecular flexibility index (Phi) is 3.32. The largest absolute Gasteiger partial charge is 0.383 e. The van der Waals surface area contributed by atoms with Gasteiger partial charge in [-0.2, -0.15) is 0 Å². The quantitative estimate of drug-likeness (QED) is 0.865. The number of nitrogens with zero attached hydrogens (tertiary/aromatic N) is 1. The Morgan fingerprint density at radius 1 is 1.24 bits per heavy atom. The molecule has 0 aliphatic rings. The second-order valence-electron chi connectivity index (χ2n) is 4.65. The molecule has 1 atom stereocenters. The number of nitrogens with two attached hydrogens (primary N) is 1. The van der Waals surface area contributed by atoms with Gasteiger partial charge in [-0.25, -0.2) is 4.98 Å². The number of fused-ring (bicyclic) bond motifs is 1. The summed E-state index contributed by atoms with van der Waals surface area (Å²) in [6.45, 7) is 6.58. The minimum Gasteiger partial charge on any atom is -0.383 e. The van der Waals surface area contributed by atoms with Gasteiger partial charge in [-0.3, -0.25) is 0 Å². The molecule has 0 spiro atoms. The SMILES string of the molecule is CCc1cc2cc(C(C)CC)ccc2nc1N. The lowest BCUT2D eigenvalue weighted by Gasteiger charge is -2.11. The van der Waals surface area contributed by atoms with Gasteiger partial charge < -0.3 is 5.73 Å². The van der Waals surface area contributed by atoms with Crippen molar-refractivity contribution < 1.29 is 0 Å². The molecule has 90 valence electrons. The average Bonchev–Trinajstić information content (AvgIpc) is 2.36. The van der Waals surface area contributed by atoms with E-state index in [-0.39, 0.29) is 0 Å². The van der Waals surface area contributed by atoms with Crippen molar-refractivity contribution in [2.75, 3.05) is 5.73 Å². The lowest BCUT2D eigenvalue weighted by atomic mass is 9.96. The number of nitrogen functional groups attached to an aromatic ring is 1. The van der Waals surface area contributed by atoms with Crippen LogP contribution in [-0.2, 0) is 6.42 Å². The van der Waals surface area contributed by atoms with Gasteiger partial charge >= 0.3 is 0 Å². The summed E-state index contributed by atoms with van der Waals surface area (Å²) in [7, 11) is 0. The fourth-order valence-electron chi connectivity index (χ4n) is 2.08. The maximum atomic E-state index is 5.91. The summed E-state index contributed by atoms with van der Waals surface area (Å²) in [6.07, 6.45) is 2.09. The standard InChI is InChI=1S/C15H20N2/c1-4-10(3)12-6-7-14-13(9-12)8-11(5-2)15(16)17-14/h6-10H,4-5H2,1-3H3,(H2,16,17). The first-order chi connectivity index (χ1) is 8.15. The second-order valence-corrected chi connectivity index (χ2v) is 4.65. The number of aryl methyl sites for hydroxylation is 1.